The lowest BCUT2D eigenvalue weighted by Crippen LogP contribution is -2.46. The van der Waals surface area contributed by atoms with Gasteiger partial charge in [0.1, 0.15) is 4.21 Å². The number of aliphatic imine (C=N–C) groups is 1. The van der Waals surface area contributed by atoms with Crippen molar-refractivity contribution in [3.8, 4) is 0 Å². The lowest BCUT2D eigenvalue weighted by Gasteiger charge is -2.30. The van der Waals surface area contributed by atoms with Crippen LogP contribution in [0.3, 0.4) is 0 Å². The standard InChI is InChI=1S/C16H31N5O2S2/c1-13(2)21(14(3)4)11-10-19-16(17-5)18-8-9-20-25(22,23)15-7-6-12-24-15/h6-7,12-14,20H,8-11H2,1-5H3,(H2,17,18,19). The summed E-state index contributed by atoms with van der Waals surface area (Å²) in [6, 6.07) is 4.30. The van der Waals surface area contributed by atoms with Crippen LogP contribution in [0.5, 0.6) is 0 Å². The lowest BCUT2D eigenvalue weighted by atomic mass is 10.2. The molecule has 25 heavy (non-hydrogen) atoms. The number of nitrogens with one attached hydrogen (secondary N) is 3. The summed E-state index contributed by atoms with van der Waals surface area (Å²) in [5.41, 5.74) is 0. The van der Waals surface area contributed by atoms with Gasteiger partial charge in [0.25, 0.3) is 0 Å². The Kier molecular flexibility index (Phi) is 9.41. The van der Waals surface area contributed by atoms with Gasteiger partial charge in [0, 0.05) is 45.3 Å². The quantitative estimate of drug-likeness (QED) is 0.319. The summed E-state index contributed by atoms with van der Waals surface area (Å²) in [4.78, 5) is 6.56. The molecule has 0 aliphatic rings. The van der Waals surface area contributed by atoms with E-state index in [-0.39, 0.29) is 0 Å². The molecular weight excluding hydrogens is 358 g/mol. The third kappa shape index (κ3) is 7.72. The highest BCUT2D eigenvalue weighted by Gasteiger charge is 2.14. The van der Waals surface area contributed by atoms with E-state index in [0.717, 1.165) is 13.1 Å². The molecule has 0 aromatic carbocycles. The summed E-state index contributed by atoms with van der Waals surface area (Å²) < 4.78 is 26.9. The number of guanidine groups is 1. The van der Waals surface area contributed by atoms with Crippen molar-refractivity contribution in [3.05, 3.63) is 17.5 Å². The Morgan fingerprint density at radius 1 is 1.16 bits per heavy atom. The Balaban J connectivity index is 2.31. The normalized spacial score (nSPS) is 13.0. The first-order chi connectivity index (χ1) is 11.8. The number of nitrogens with zero attached hydrogens (tertiary/aromatic N) is 2. The highest BCUT2D eigenvalue weighted by Crippen LogP contribution is 2.14. The third-order valence-corrected chi connectivity index (χ3v) is 6.54. The summed E-state index contributed by atoms with van der Waals surface area (Å²) in [7, 11) is -1.71. The maximum absolute atomic E-state index is 12.0. The van der Waals surface area contributed by atoms with E-state index in [2.05, 4.69) is 52.9 Å². The van der Waals surface area contributed by atoms with Crippen LogP contribution in [0.15, 0.2) is 26.7 Å². The molecule has 7 nitrogen and oxygen atoms in total. The fourth-order valence-corrected chi connectivity index (χ4v) is 4.56. The van der Waals surface area contributed by atoms with Crippen LogP contribution in [-0.4, -0.2) is 64.6 Å². The second kappa shape index (κ2) is 10.7. The van der Waals surface area contributed by atoms with Gasteiger partial charge in [0.2, 0.25) is 10.0 Å². The summed E-state index contributed by atoms with van der Waals surface area (Å²) >= 11 is 1.21. The molecule has 0 aliphatic heterocycles. The van der Waals surface area contributed by atoms with Gasteiger partial charge in [-0.15, -0.1) is 11.3 Å². The van der Waals surface area contributed by atoms with E-state index >= 15 is 0 Å². The van der Waals surface area contributed by atoms with Gasteiger partial charge in [-0.25, -0.2) is 13.1 Å². The average molecular weight is 390 g/mol. The van der Waals surface area contributed by atoms with Crippen molar-refractivity contribution in [2.45, 2.75) is 44.0 Å². The van der Waals surface area contributed by atoms with Crippen molar-refractivity contribution >= 4 is 27.3 Å². The van der Waals surface area contributed by atoms with Crippen molar-refractivity contribution in [2.75, 3.05) is 33.2 Å². The number of thiophene rings is 1. The smallest absolute Gasteiger partial charge is 0.250 e. The monoisotopic (exact) mass is 389 g/mol. The number of hydrogen-bond acceptors (Lipinski definition) is 5. The van der Waals surface area contributed by atoms with Crippen molar-refractivity contribution in [3.63, 3.8) is 0 Å². The third-order valence-electron chi connectivity index (χ3n) is 3.68. The van der Waals surface area contributed by atoms with Gasteiger partial charge in [-0.05, 0) is 39.1 Å². The molecule has 3 N–H and O–H groups in total. The highest BCUT2D eigenvalue weighted by molar-refractivity contribution is 7.91. The van der Waals surface area contributed by atoms with Crippen LogP contribution >= 0.6 is 11.3 Å². The first-order valence-electron chi connectivity index (χ1n) is 8.51. The fraction of sp³-hybridized carbons (Fsp3) is 0.688. The largest absolute Gasteiger partial charge is 0.355 e. The molecule has 0 aliphatic carbocycles. The van der Waals surface area contributed by atoms with Gasteiger partial charge < -0.3 is 10.6 Å². The summed E-state index contributed by atoms with van der Waals surface area (Å²) in [5.74, 6) is 0.669. The molecule has 144 valence electrons. The van der Waals surface area contributed by atoms with Crippen LogP contribution in [0, 0.1) is 0 Å². The molecule has 0 spiro atoms. The molecule has 0 amide bonds. The number of hydrogen-bond donors (Lipinski definition) is 3. The molecule has 1 aromatic rings. The predicted molar refractivity (Wildman–Crippen MR) is 106 cm³/mol. The first kappa shape index (κ1) is 21.9. The zero-order valence-electron chi connectivity index (χ0n) is 15.7. The van der Waals surface area contributed by atoms with Crippen LogP contribution in [0.4, 0.5) is 0 Å². The molecule has 0 fully saturated rings. The predicted octanol–water partition coefficient (Wildman–Crippen LogP) is 1.31. The van der Waals surface area contributed by atoms with Gasteiger partial charge >= 0.3 is 0 Å². The molecule has 0 saturated heterocycles. The van der Waals surface area contributed by atoms with Gasteiger partial charge in [0.05, 0.1) is 0 Å². The van der Waals surface area contributed by atoms with E-state index in [1.165, 1.54) is 11.3 Å². The molecule has 0 bridgehead atoms. The second-order valence-electron chi connectivity index (χ2n) is 6.18. The number of rotatable bonds is 10. The van der Waals surface area contributed by atoms with E-state index in [4.69, 9.17) is 0 Å². The van der Waals surface area contributed by atoms with E-state index in [9.17, 15) is 8.42 Å². The van der Waals surface area contributed by atoms with Crippen molar-refractivity contribution in [2.24, 2.45) is 4.99 Å². The number of sulfonamides is 1. The summed E-state index contributed by atoms with van der Waals surface area (Å²) in [6.07, 6.45) is 0. The van der Waals surface area contributed by atoms with Gasteiger partial charge in [-0.2, -0.15) is 0 Å². The molecule has 0 saturated carbocycles. The molecule has 0 unspecified atom stereocenters. The van der Waals surface area contributed by atoms with Gasteiger partial charge in [-0.3, -0.25) is 9.89 Å². The zero-order chi connectivity index (χ0) is 18.9. The van der Waals surface area contributed by atoms with Crippen LogP contribution in [0.2, 0.25) is 0 Å². The highest BCUT2D eigenvalue weighted by atomic mass is 32.2. The molecule has 9 heteroatoms. The Morgan fingerprint density at radius 2 is 1.80 bits per heavy atom. The van der Waals surface area contributed by atoms with E-state index in [1.807, 2.05) is 0 Å². The molecule has 1 aromatic heterocycles. The maximum Gasteiger partial charge on any atom is 0.250 e. The van der Waals surface area contributed by atoms with Crippen LogP contribution < -0.4 is 15.4 Å². The maximum atomic E-state index is 12.0. The topological polar surface area (TPSA) is 85.8 Å². The molecule has 0 radical (unpaired) electrons. The van der Waals surface area contributed by atoms with Gasteiger partial charge in [0.15, 0.2) is 5.96 Å². The van der Waals surface area contributed by atoms with Crippen LogP contribution in [0.25, 0.3) is 0 Å². The van der Waals surface area contributed by atoms with Crippen molar-refractivity contribution < 1.29 is 8.42 Å². The molecule has 0 atom stereocenters. The minimum atomic E-state index is -3.41. The summed E-state index contributed by atoms with van der Waals surface area (Å²) in [6.45, 7) is 11.2. The van der Waals surface area contributed by atoms with Gasteiger partial charge in [-0.1, -0.05) is 6.07 Å². The van der Waals surface area contributed by atoms with E-state index in [1.54, 1.807) is 24.6 Å². The molecule has 1 rings (SSSR count). The van der Waals surface area contributed by atoms with Crippen LogP contribution in [-0.2, 0) is 10.0 Å². The van der Waals surface area contributed by atoms with Crippen molar-refractivity contribution in [1.82, 2.24) is 20.3 Å². The fourth-order valence-electron chi connectivity index (χ4n) is 2.49. The Morgan fingerprint density at radius 3 is 2.32 bits per heavy atom. The average Bonchev–Trinajstić information content (AvgIpc) is 3.07. The van der Waals surface area contributed by atoms with E-state index in [0.29, 0.717) is 35.3 Å². The SMILES string of the molecule is CN=C(NCCNS(=O)(=O)c1cccs1)NCCN(C(C)C)C(C)C. The molecule has 1 heterocycles. The zero-order valence-corrected chi connectivity index (χ0v) is 17.4. The second-order valence-corrected chi connectivity index (χ2v) is 9.12. The van der Waals surface area contributed by atoms with Crippen LogP contribution in [0.1, 0.15) is 27.7 Å². The van der Waals surface area contributed by atoms with Crippen molar-refractivity contribution in [1.29, 1.82) is 0 Å². The summed E-state index contributed by atoms with van der Waals surface area (Å²) in [5, 5.41) is 8.12. The first-order valence-corrected chi connectivity index (χ1v) is 10.9. The Bertz CT molecular complexity index is 604. The van der Waals surface area contributed by atoms with E-state index < -0.39 is 10.0 Å². The molecular formula is C16H31N5O2S2. The minimum absolute atomic E-state index is 0.297. The lowest BCUT2D eigenvalue weighted by molar-refractivity contribution is 0.178. The Labute approximate surface area is 156 Å². The Hall–Kier alpha value is -1.16. The minimum Gasteiger partial charge on any atom is -0.355 e.